The Morgan fingerprint density at radius 3 is 2.47 bits per heavy atom. The van der Waals surface area contributed by atoms with Gasteiger partial charge in [0.2, 0.25) is 0 Å². The van der Waals surface area contributed by atoms with E-state index in [9.17, 15) is 0 Å². The Labute approximate surface area is 116 Å². The van der Waals surface area contributed by atoms with Gasteiger partial charge in [0.05, 0.1) is 7.11 Å². The van der Waals surface area contributed by atoms with Gasteiger partial charge in [-0.25, -0.2) is 0 Å². The number of methoxy groups -OCH3 is 1. The van der Waals surface area contributed by atoms with Crippen molar-refractivity contribution in [2.24, 2.45) is 0 Å². The summed E-state index contributed by atoms with van der Waals surface area (Å²) in [5.41, 5.74) is 5.27. The molecule has 0 saturated carbocycles. The highest BCUT2D eigenvalue weighted by Crippen LogP contribution is 2.32. The van der Waals surface area contributed by atoms with Crippen LogP contribution in [0, 0.1) is 20.8 Å². The Kier molecular flexibility index (Phi) is 3.77. The van der Waals surface area contributed by atoms with Crippen molar-refractivity contribution in [2.75, 3.05) is 19.0 Å². The van der Waals surface area contributed by atoms with Crippen LogP contribution in [0.4, 0.5) is 5.69 Å². The first-order valence-corrected chi connectivity index (χ1v) is 7.00. The topological polar surface area (TPSA) is 33.3 Å². The molecular formula is C16H26N2O. The van der Waals surface area contributed by atoms with E-state index >= 15 is 0 Å². The van der Waals surface area contributed by atoms with Crippen LogP contribution in [0.2, 0.25) is 0 Å². The van der Waals surface area contributed by atoms with E-state index in [0.717, 1.165) is 18.7 Å². The number of nitrogens with one attached hydrogen (secondary N) is 2. The van der Waals surface area contributed by atoms with Crippen LogP contribution in [-0.4, -0.2) is 25.2 Å². The van der Waals surface area contributed by atoms with E-state index in [1.165, 1.54) is 22.4 Å². The summed E-state index contributed by atoms with van der Waals surface area (Å²) in [6, 6.07) is 2.62. The fraction of sp³-hybridized carbons (Fsp3) is 0.625. The summed E-state index contributed by atoms with van der Waals surface area (Å²) in [4.78, 5) is 0. The van der Waals surface area contributed by atoms with Crippen LogP contribution in [0.15, 0.2) is 6.07 Å². The Morgan fingerprint density at radius 2 is 1.95 bits per heavy atom. The van der Waals surface area contributed by atoms with Crippen LogP contribution >= 0.6 is 0 Å². The molecular weight excluding hydrogens is 236 g/mol. The zero-order valence-electron chi connectivity index (χ0n) is 13.0. The molecule has 106 valence electrons. The molecule has 1 heterocycles. The van der Waals surface area contributed by atoms with Crippen LogP contribution in [0.1, 0.15) is 37.0 Å². The molecule has 2 N–H and O–H groups in total. The molecule has 0 spiro atoms. The zero-order chi connectivity index (χ0) is 14.2. The van der Waals surface area contributed by atoms with Crippen molar-refractivity contribution in [3.8, 4) is 5.75 Å². The van der Waals surface area contributed by atoms with Crippen LogP contribution in [-0.2, 0) is 0 Å². The smallest absolute Gasteiger partial charge is 0.122 e. The quantitative estimate of drug-likeness (QED) is 0.878. The SMILES string of the molecule is COc1cc(C)c(NC2CNC(C)(C)C2)c(C)c1C. The van der Waals surface area contributed by atoms with Crippen LogP contribution in [0.25, 0.3) is 0 Å². The van der Waals surface area contributed by atoms with Gasteiger partial charge in [0, 0.05) is 23.8 Å². The van der Waals surface area contributed by atoms with Gasteiger partial charge in [-0.15, -0.1) is 0 Å². The van der Waals surface area contributed by atoms with E-state index in [0.29, 0.717) is 6.04 Å². The minimum Gasteiger partial charge on any atom is -0.496 e. The third kappa shape index (κ3) is 2.86. The zero-order valence-corrected chi connectivity index (χ0v) is 13.0. The first-order chi connectivity index (χ1) is 8.84. The first kappa shape index (κ1) is 14.2. The first-order valence-electron chi connectivity index (χ1n) is 7.00. The molecule has 1 unspecified atom stereocenters. The van der Waals surface area contributed by atoms with Crippen LogP contribution < -0.4 is 15.4 Å². The largest absolute Gasteiger partial charge is 0.496 e. The van der Waals surface area contributed by atoms with E-state index in [1.807, 2.05) is 0 Å². The second-order valence-electron chi connectivity index (χ2n) is 6.33. The summed E-state index contributed by atoms with van der Waals surface area (Å²) >= 11 is 0. The molecule has 0 aliphatic carbocycles. The van der Waals surface area contributed by atoms with Crippen molar-refractivity contribution < 1.29 is 4.74 Å². The molecule has 0 bridgehead atoms. The normalized spacial score (nSPS) is 21.5. The monoisotopic (exact) mass is 262 g/mol. The number of hydrogen-bond donors (Lipinski definition) is 2. The number of hydrogen-bond acceptors (Lipinski definition) is 3. The van der Waals surface area contributed by atoms with E-state index in [-0.39, 0.29) is 5.54 Å². The fourth-order valence-electron chi connectivity index (χ4n) is 2.95. The van der Waals surface area contributed by atoms with E-state index in [4.69, 9.17) is 4.74 Å². The van der Waals surface area contributed by atoms with Crippen molar-refractivity contribution >= 4 is 5.69 Å². The highest BCUT2D eigenvalue weighted by Gasteiger charge is 2.30. The lowest BCUT2D eigenvalue weighted by Crippen LogP contribution is -2.31. The Hall–Kier alpha value is -1.22. The molecule has 3 heteroatoms. The molecule has 1 aliphatic rings. The highest BCUT2D eigenvalue weighted by atomic mass is 16.5. The average molecular weight is 262 g/mol. The Morgan fingerprint density at radius 1 is 1.26 bits per heavy atom. The van der Waals surface area contributed by atoms with E-state index in [1.54, 1.807) is 7.11 Å². The van der Waals surface area contributed by atoms with Crippen molar-refractivity contribution in [3.05, 3.63) is 22.8 Å². The molecule has 2 rings (SSSR count). The number of benzene rings is 1. The van der Waals surface area contributed by atoms with Crippen molar-refractivity contribution in [1.29, 1.82) is 0 Å². The van der Waals surface area contributed by atoms with Crippen molar-refractivity contribution in [2.45, 2.75) is 52.6 Å². The Bertz CT molecular complexity index is 480. The Balaban J connectivity index is 2.24. The lowest BCUT2D eigenvalue weighted by molar-refractivity contribution is 0.411. The summed E-state index contributed by atoms with van der Waals surface area (Å²) in [5.74, 6) is 0.977. The second kappa shape index (κ2) is 5.04. The summed E-state index contributed by atoms with van der Waals surface area (Å²) in [7, 11) is 1.73. The van der Waals surface area contributed by atoms with Gasteiger partial charge in [-0.1, -0.05) is 0 Å². The molecule has 1 saturated heterocycles. The minimum atomic E-state index is 0.237. The summed E-state index contributed by atoms with van der Waals surface area (Å²) in [6.45, 7) is 12.0. The van der Waals surface area contributed by atoms with Gasteiger partial charge in [-0.05, 0) is 63.8 Å². The predicted octanol–water partition coefficient (Wildman–Crippen LogP) is 3.17. The molecule has 1 aromatic rings. The third-order valence-electron chi connectivity index (χ3n) is 4.20. The lowest BCUT2D eigenvalue weighted by atomic mass is 9.99. The van der Waals surface area contributed by atoms with Gasteiger partial charge in [0.25, 0.3) is 0 Å². The van der Waals surface area contributed by atoms with Crippen molar-refractivity contribution in [3.63, 3.8) is 0 Å². The summed E-state index contributed by atoms with van der Waals surface area (Å²) in [6.07, 6.45) is 1.15. The second-order valence-corrected chi connectivity index (χ2v) is 6.33. The van der Waals surface area contributed by atoms with Crippen molar-refractivity contribution in [1.82, 2.24) is 5.32 Å². The molecule has 3 nitrogen and oxygen atoms in total. The summed E-state index contributed by atoms with van der Waals surface area (Å²) in [5, 5.41) is 7.26. The molecule has 19 heavy (non-hydrogen) atoms. The van der Waals surface area contributed by atoms with Gasteiger partial charge < -0.3 is 15.4 Å². The maximum atomic E-state index is 5.42. The molecule has 0 amide bonds. The number of anilines is 1. The highest BCUT2D eigenvalue weighted by molar-refractivity contribution is 5.64. The number of ether oxygens (including phenoxy) is 1. The summed E-state index contributed by atoms with van der Waals surface area (Å²) < 4.78 is 5.42. The van der Waals surface area contributed by atoms with Crippen LogP contribution in [0.3, 0.4) is 0 Å². The predicted molar refractivity (Wildman–Crippen MR) is 81.3 cm³/mol. The van der Waals surface area contributed by atoms with Gasteiger partial charge in [0.1, 0.15) is 5.75 Å². The standard InChI is InChI=1S/C16H26N2O/c1-10-7-14(19-6)11(2)12(3)15(10)18-13-8-16(4,5)17-9-13/h7,13,17-18H,8-9H2,1-6H3. The van der Waals surface area contributed by atoms with E-state index < -0.39 is 0 Å². The van der Waals surface area contributed by atoms with E-state index in [2.05, 4.69) is 51.3 Å². The fourth-order valence-corrected chi connectivity index (χ4v) is 2.95. The number of rotatable bonds is 3. The average Bonchev–Trinajstić information content (AvgIpc) is 2.69. The molecule has 1 aromatic carbocycles. The molecule has 1 fully saturated rings. The molecule has 1 atom stereocenters. The molecule has 0 aromatic heterocycles. The minimum absolute atomic E-state index is 0.237. The maximum absolute atomic E-state index is 5.42. The maximum Gasteiger partial charge on any atom is 0.122 e. The third-order valence-corrected chi connectivity index (χ3v) is 4.20. The molecule has 0 radical (unpaired) electrons. The van der Waals surface area contributed by atoms with Gasteiger partial charge >= 0.3 is 0 Å². The van der Waals surface area contributed by atoms with Gasteiger partial charge in [0.15, 0.2) is 0 Å². The van der Waals surface area contributed by atoms with Crippen LogP contribution in [0.5, 0.6) is 5.75 Å². The van der Waals surface area contributed by atoms with Gasteiger partial charge in [-0.2, -0.15) is 0 Å². The molecule has 1 aliphatic heterocycles. The number of aryl methyl sites for hydroxylation is 1. The van der Waals surface area contributed by atoms with Gasteiger partial charge in [-0.3, -0.25) is 0 Å². The lowest BCUT2D eigenvalue weighted by Gasteiger charge is -2.22.